The van der Waals surface area contributed by atoms with Gasteiger partial charge >= 0.3 is 0 Å². The van der Waals surface area contributed by atoms with Gasteiger partial charge in [0.05, 0.1) is 0 Å². The molecule has 2 rings (SSSR count). The Morgan fingerprint density at radius 3 is 2.29 bits per heavy atom. The van der Waals surface area contributed by atoms with Gasteiger partial charge in [-0.05, 0) is 24.6 Å². The van der Waals surface area contributed by atoms with Crippen molar-refractivity contribution < 1.29 is 9.47 Å². The van der Waals surface area contributed by atoms with E-state index in [-0.39, 0.29) is 12.6 Å². The number of benzene rings is 1. The zero-order chi connectivity index (χ0) is 10.1. The summed E-state index contributed by atoms with van der Waals surface area (Å²) in [5.41, 5.74) is 1.24. The molecule has 0 bridgehead atoms. The molecule has 1 atom stereocenters. The molecule has 1 unspecified atom stereocenters. The van der Waals surface area contributed by atoms with Crippen molar-refractivity contribution in [3.05, 3.63) is 34.3 Å². The average Bonchev–Trinajstić information content (AvgIpc) is 2.13. The van der Waals surface area contributed by atoms with Crippen molar-refractivity contribution in [3.8, 4) is 0 Å². The topological polar surface area (TPSA) is 18.5 Å². The van der Waals surface area contributed by atoms with Crippen LogP contribution in [0.1, 0.15) is 25.3 Å². The van der Waals surface area contributed by atoms with Gasteiger partial charge in [0.25, 0.3) is 0 Å². The zero-order valence-corrected chi connectivity index (χ0v) is 9.82. The molecule has 0 N–H and O–H groups in total. The molecule has 76 valence electrons. The Hall–Kier alpha value is -0.380. The van der Waals surface area contributed by atoms with E-state index in [0.29, 0.717) is 5.92 Å². The number of ether oxygens (including phenoxy) is 2. The fraction of sp³-hybridized carbons (Fsp3) is 0.455. The summed E-state index contributed by atoms with van der Waals surface area (Å²) in [6, 6.07) is 8.25. The van der Waals surface area contributed by atoms with Gasteiger partial charge in [-0.2, -0.15) is 0 Å². The van der Waals surface area contributed by atoms with Gasteiger partial charge in [-0.3, -0.25) is 0 Å². The van der Waals surface area contributed by atoms with E-state index in [1.165, 1.54) is 5.56 Å². The van der Waals surface area contributed by atoms with Crippen LogP contribution in [-0.4, -0.2) is 12.6 Å². The minimum absolute atomic E-state index is 0.0436. The van der Waals surface area contributed by atoms with Crippen molar-refractivity contribution in [2.75, 3.05) is 0 Å². The summed E-state index contributed by atoms with van der Waals surface area (Å²) in [6.07, 6.45) is -0.121. The highest BCUT2D eigenvalue weighted by atomic mass is 79.9. The first kappa shape index (κ1) is 10.1. The van der Waals surface area contributed by atoms with Crippen LogP contribution in [0.5, 0.6) is 0 Å². The highest BCUT2D eigenvalue weighted by Gasteiger charge is 2.32. The predicted octanol–water partition coefficient (Wildman–Crippen LogP) is 3.27. The van der Waals surface area contributed by atoms with Gasteiger partial charge < -0.3 is 9.47 Å². The first-order chi connectivity index (χ1) is 6.66. The van der Waals surface area contributed by atoms with Crippen LogP contribution in [0.3, 0.4) is 0 Å². The molecule has 3 heteroatoms. The number of rotatable bonds is 2. The van der Waals surface area contributed by atoms with E-state index in [1.807, 2.05) is 19.1 Å². The van der Waals surface area contributed by atoms with Crippen LogP contribution in [0.4, 0.5) is 0 Å². The lowest BCUT2D eigenvalue weighted by molar-refractivity contribution is -0.381. The van der Waals surface area contributed by atoms with Gasteiger partial charge in [-0.25, -0.2) is 0 Å². The SMILES string of the molecule is CC1OC(C(C)c2ccc(Br)cc2)O1. The Balaban J connectivity index is 2.04. The van der Waals surface area contributed by atoms with Crippen molar-refractivity contribution in [2.24, 2.45) is 0 Å². The van der Waals surface area contributed by atoms with E-state index >= 15 is 0 Å². The largest absolute Gasteiger partial charge is 0.323 e. The van der Waals surface area contributed by atoms with Crippen LogP contribution in [0.15, 0.2) is 28.7 Å². The second-order valence-electron chi connectivity index (χ2n) is 3.55. The molecule has 1 aromatic carbocycles. The molecule has 0 amide bonds. The molecule has 1 aromatic rings. The Bertz CT molecular complexity index is 304. The van der Waals surface area contributed by atoms with Crippen molar-refractivity contribution in [1.29, 1.82) is 0 Å². The molecule has 0 saturated carbocycles. The molecule has 0 aromatic heterocycles. The van der Waals surface area contributed by atoms with Crippen LogP contribution in [-0.2, 0) is 9.47 Å². The molecule has 0 radical (unpaired) electrons. The molecular formula is C11H13BrO2. The minimum atomic E-state index is -0.0776. The molecule has 1 heterocycles. The molecule has 14 heavy (non-hydrogen) atoms. The van der Waals surface area contributed by atoms with Crippen LogP contribution in [0.25, 0.3) is 0 Å². The standard InChI is InChI=1S/C11H13BrO2/c1-7(11-13-8(2)14-11)9-3-5-10(12)6-4-9/h3-8,11H,1-2H3. The number of hydrogen-bond donors (Lipinski definition) is 0. The third-order valence-electron chi connectivity index (χ3n) is 2.46. The number of hydrogen-bond acceptors (Lipinski definition) is 2. The lowest BCUT2D eigenvalue weighted by Gasteiger charge is -2.37. The van der Waals surface area contributed by atoms with E-state index in [9.17, 15) is 0 Å². The van der Waals surface area contributed by atoms with Gasteiger partial charge in [0.1, 0.15) is 0 Å². The smallest absolute Gasteiger partial charge is 0.170 e. The summed E-state index contributed by atoms with van der Waals surface area (Å²) in [4.78, 5) is 0. The summed E-state index contributed by atoms with van der Waals surface area (Å²) in [5, 5.41) is 0. The Labute approximate surface area is 92.3 Å². The van der Waals surface area contributed by atoms with Crippen LogP contribution < -0.4 is 0 Å². The van der Waals surface area contributed by atoms with E-state index < -0.39 is 0 Å². The molecule has 0 aliphatic carbocycles. The first-order valence-corrected chi connectivity index (χ1v) is 5.52. The molecule has 1 aliphatic rings. The molecule has 2 nitrogen and oxygen atoms in total. The quantitative estimate of drug-likeness (QED) is 0.809. The lowest BCUT2D eigenvalue weighted by atomic mass is 10.0. The number of halogens is 1. The predicted molar refractivity (Wildman–Crippen MR) is 58.0 cm³/mol. The van der Waals surface area contributed by atoms with Gasteiger partial charge in [0, 0.05) is 10.4 Å². The maximum atomic E-state index is 5.45. The minimum Gasteiger partial charge on any atom is -0.323 e. The maximum absolute atomic E-state index is 5.45. The van der Waals surface area contributed by atoms with Crippen LogP contribution >= 0.6 is 15.9 Å². The van der Waals surface area contributed by atoms with E-state index in [1.54, 1.807) is 0 Å². The maximum Gasteiger partial charge on any atom is 0.170 e. The fourth-order valence-electron chi connectivity index (χ4n) is 1.55. The van der Waals surface area contributed by atoms with E-state index in [2.05, 4.69) is 35.0 Å². The van der Waals surface area contributed by atoms with Gasteiger partial charge in [0.15, 0.2) is 12.6 Å². The van der Waals surface area contributed by atoms with Crippen molar-refractivity contribution in [2.45, 2.75) is 32.3 Å². The summed E-state index contributed by atoms with van der Waals surface area (Å²) in [6.45, 7) is 4.02. The van der Waals surface area contributed by atoms with Crippen LogP contribution in [0, 0.1) is 0 Å². The van der Waals surface area contributed by atoms with Crippen molar-refractivity contribution >= 4 is 15.9 Å². The van der Waals surface area contributed by atoms with E-state index in [0.717, 1.165) is 4.47 Å². The Morgan fingerprint density at radius 2 is 1.79 bits per heavy atom. The molecule has 1 saturated heterocycles. The second kappa shape index (κ2) is 4.01. The van der Waals surface area contributed by atoms with Gasteiger partial charge in [-0.15, -0.1) is 0 Å². The van der Waals surface area contributed by atoms with Crippen LogP contribution in [0.2, 0.25) is 0 Å². The first-order valence-electron chi connectivity index (χ1n) is 4.73. The zero-order valence-electron chi connectivity index (χ0n) is 8.24. The Morgan fingerprint density at radius 1 is 1.21 bits per heavy atom. The van der Waals surface area contributed by atoms with Gasteiger partial charge in [0.2, 0.25) is 0 Å². The molecule has 0 spiro atoms. The normalized spacial score (nSPS) is 28.2. The monoisotopic (exact) mass is 256 g/mol. The summed E-state index contributed by atoms with van der Waals surface area (Å²) in [7, 11) is 0. The summed E-state index contributed by atoms with van der Waals surface area (Å²) >= 11 is 3.41. The highest BCUT2D eigenvalue weighted by Crippen LogP contribution is 2.30. The van der Waals surface area contributed by atoms with Crippen molar-refractivity contribution in [1.82, 2.24) is 0 Å². The van der Waals surface area contributed by atoms with E-state index in [4.69, 9.17) is 9.47 Å². The summed E-state index contributed by atoms with van der Waals surface area (Å²) in [5.74, 6) is 0.291. The third kappa shape index (κ3) is 2.00. The van der Waals surface area contributed by atoms with Crippen molar-refractivity contribution in [3.63, 3.8) is 0 Å². The second-order valence-corrected chi connectivity index (χ2v) is 4.46. The summed E-state index contributed by atoms with van der Waals surface area (Å²) < 4.78 is 12.0. The average molecular weight is 257 g/mol. The molecular weight excluding hydrogens is 244 g/mol. The highest BCUT2D eigenvalue weighted by molar-refractivity contribution is 9.10. The molecule has 1 aliphatic heterocycles. The third-order valence-corrected chi connectivity index (χ3v) is 2.98. The van der Waals surface area contributed by atoms with Gasteiger partial charge in [-0.1, -0.05) is 35.0 Å². The Kier molecular flexibility index (Phi) is 2.91. The molecule has 1 fully saturated rings. The fourth-order valence-corrected chi connectivity index (χ4v) is 1.81. The lowest BCUT2D eigenvalue weighted by Crippen LogP contribution is -2.42.